The number of nitrogen functional groups attached to an aromatic ring is 1. The molecular formula is C45H67FN6O11. The zero-order chi connectivity index (χ0) is 46.6. The van der Waals surface area contributed by atoms with Crippen molar-refractivity contribution < 1.29 is 57.2 Å². The standard InChI is InChI=1S/C45H67FN6O11/c1-12-33-45(9,57)30-18-17-28(51-60-23-29-21-58-40(48-29)31-15-14-16-34(47)49-31)22-59-43(7,20-24(3)36(26(30)5)50-35(53)13-2)39(27(6)38(55)44(8,46)42(56)62-33)63-41-37(54)32(52(10)11)19-25(4)61-41/h14-16,21,24-27,30,32-33,37,39,41,54,57H,12-13,17-20,22-23H2,1-11H3,(H2,47,49)/b50-36?,51-28+/t24-,25-,26-,27?,30-,32+,33-,37-,39-,41+,43-,44+,45+/m1/s1. The maximum absolute atomic E-state index is 17.0. The number of nitrogens with zero attached hydrogens (tertiary/aromatic N) is 5. The topological polar surface area (TPSA) is 231 Å². The summed E-state index contributed by atoms with van der Waals surface area (Å²) >= 11 is 0. The van der Waals surface area contributed by atoms with E-state index in [0.717, 1.165) is 6.92 Å². The molecule has 4 N–H and O–H groups in total. The van der Waals surface area contributed by atoms with Gasteiger partial charge >= 0.3 is 5.97 Å². The van der Waals surface area contributed by atoms with E-state index in [1.165, 1.54) is 20.1 Å². The zero-order valence-corrected chi connectivity index (χ0v) is 38.5. The number of hydrogen-bond acceptors (Lipinski definition) is 16. The highest BCUT2D eigenvalue weighted by molar-refractivity contribution is 6.08. The van der Waals surface area contributed by atoms with Gasteiger partial charge in [0.15, 0.2) is 18.7 Å². The zero-order valence-electron chi connectivity index (χ0n) is 38.5. The molecule has 2 aromatic heterocycles. The van der Waals surface area contributed by atoms with Crippen LogP contribution in [-0.2, 0) is 44.8 Å². The fourth-order valence-corrected chi connectivity index (χ4v) is 9.42. The van der Waals surface area contributed by atoms with Gasteiger partial charge in [0.2, 0.25) is 11.8 Å². The molecule has 13 atom stereocenters. The number of aliphatic imine (C=N–C) groups is 1. The molecule has 1 unspecified atom stereocenters. The number of ether oxygens (including phenoxy) is 4. The van der Waals surface area contributed by atoms with Gasteiger partial charge in [-0.15, -0.1) is 0 Å². The van der Waals surface area contributed by atoms with Crippen molar-refractivity contribution in [2.24, 2.45) is 33.8 Å². The number of anilines is 1. The fraction of sp³-hybridized carbons (Fsp3) is 0.711. The Labute approximate surface area is 369 Å². The molecular weight excluding hydrogens is 820 g/mol. The van der Waals surface area contributed by atoms with Crippen LogP contribution in [0, 0.1) is 23.7 Å². The van der Waals surface area contributed by atoms with E-state index in [4.69, 9.17) is 33.9 Å². The minimum atomic E-state index is -3.20. The highest BCUT2D eigenvalue weighted by Gasteiger charge is 2.56. The molecule has 3 saturated heterocycles. The van der Waals surface area contributed by atoms with Gasteiger partial charge in [0, 0.05) is 30.0 Å². The number of fused-ring (bicyclic) bond motifs is 5. The third-order valence-corrected chi connectivity index (χ3v) is 13.0. The number of aliphatic hydroxyl groups is 2. The Balaban J connectivity index is 1.67. The Hall–Kier alpha value is -4.20. The number of carbonyl (C=O) groups excluding carboxylic acids is 3. The largest absolute Gasteiger partial charge is 0.457 e. The van der Waals surface area contributed by atoms with Crippen LogP contribution in [0.3, 0.4) is 0 Å². The number of aliphatic hydroxyl groups excluding tert-OH is 1. The van der Waals surface area contributed by atoms with Gasteiger partial charge in [-0.25, -0.2) is 24.1 Å². The van der Waals surface area contributed by atoms with Crippen molar-refractivity contribution in [3.63, 3.8) is 0 Å². The van der Waals surface area contributed by atoms with Crippen molar-refractivity contribution in [2.45, 2.75) is 161 Å². The summed E-state index contributed by atoms with van der Waals surface area (Å²) in [5.41, 5.74) is 0.929. The van der Waals surface area contributed by atoms with Gasteiger partial charge < -0.3 is 49.0 Å². The highest BCUT2D eigenvalue weighted by atomic mass is 19.1. The molecule has 5 rings (SSSR count). The molecule has 2 bridgehead atoms. The van der Waals surface area contributed by atoms with Crippen LogP contribution in [0.5, 0.6) is 0 Å². The fourth-order valence-electron chi connectivity index (χ4n) is 9.42. The number of esters is 1. The number of nitrogens with two attached hydrogens (primary N) is 1. The van der Waals surface area contributed by atoms with Gasteiger partial charge in [0.25, 0.3) is 5.67 Å². The van der Waals surface area contributed by atoms with Gasteiger partial charge in [-0.05, 0) is 97.9 Å². The molecule has 350 valence electrons. The lowest BCUT2D eigenvalue weighted by atomic mass is 9.68. The average Bonchev–Trinajstić information content (AvgIpc) is 3.70. The molecule has 0 spiro atoms. The third kappa shape index (κ3) is 11.2. The predicted octanol–water partition coefficient (Wildman–Crippen LogP) is 5.25. The number of halogens is 1. The van der Waals surface area contributed by atoms with E-state index in [1.807, 2.05) is 39.8 Å². The summed E-state index contributed by atoms with van der Waals surface area (Å²) in [5, 5.41) is 28.8. The lowest BCUT2D eigenvalue weighted by Crippen LogP contribution is -2.61. The number of cyclic esters (lactones) is 1. The second kappa shape index (κ2) is 20.3. The Morgan fingerprint density at radius 3 is 2.46 bits per heavy atom. The number of hydrogen-bond donors (Lipinski definition) is 3. The van der Waals surface area contributed by atoms with E-state index >= 15 is 4.39 Å². The Morgan fingerprint density at radius 2 is 1.81 bits per heavy atom. The lowest BCUT2D eigenvalue weighted by molar-refractivity contribution is -0.296. The second-order valence-corrected chi connectivity index (χ2v) is 18.3. The number of likely N-dealkylation sites (N-methyl/N-ethyl adjacent to an activating group) is 1. The normalized spacial score (nSPS) is 37.6. The number of ketones is 1. The first-order valence-electron chi connectivity index (χ1n) is 22.0. The molecule has 3 aliphatic rings. The molecule has 0 aromatic carbocycles. The number of alkyl halides is 1. The highest BCUT2D eigenvalue weighted by Crippen LogP contribution is 2.43. The Kier molecular flexibility index (Phi) is 16.1. The van der Waals surface area contributed by atoms with Crippen LogP contribution in [0.1, 0.15) is 107 Å². The molecule has 0 aliphatic carbocycles. The molecule has 1 amide bonds. The summed E-state index contributed by atoms with van der Waals surface area (Å²) in [5.74, 6) is -5.88. The maximum Gasteiger partial charge on any atom is 0.351 e. The van der Waals surface area contributed by atoms with Gasteiger partial charge in [-0.2, -0.15) is 0 Å². The van der Waals surface area contributed by atoms with Gasteiger partial charge in [-0.1, -0.05) is 45.8 Å². The van der Waals surface area contributed by atoms with Crippen LogP contribution in [0.25, 0.3) is 11.6 Å². The Bertz CT molecular complexity index is 1990. The van der Waals surface area contributed by atoms with Crippen molar-refractivity contribution in [2.75, 3.05) is 26.4 Å². The number of rotatable bonds is 9. The number of Topliss-reactive ketones (excluding diaryl/α,β-unsaturated/α-hetero) is 1. The van der Waals surface area contributed by atoms with Crippen LogP contribution in [0.15, 0.2) is 39.0 Å². The quantitative estimate of drug-likeness (QED) is 0.166. The number of oxazole rings is 1. The maximum atomic E-state index is 17.0. The number of amides is 1. The van der Waals surface area contributed by atoms with Crippen molar-refractivity contribution in [1.29, 1.82) is 0 Å². The molecule has 3 aliphatic heterocycles. The minimum Gasteiger partial charge on any atom is -0.457 e. The summed E-state index contributed by atoms with van der Waals surface area (Å²) in [7, 11) is 3.64. The number of carbonyl (C=O) groups is 3. The van der Waals surface area contributed by atoms with Gasteiger partial charge in [0.05, 0.1) is 30.1 Å². The second-order valence-electron chi connectivity index (χ2n) is 18.3. The van der Waals surface area contributed by atoms with Crippen LogP contribution in [-0.4, -0.2) is 128 Å². The van der Waals surface area contributed by atoms with Gasteiger partial charge in [0.1, 0.15) is 41.3 Å². The van der Waals surface area contributed by atoms with Crippen molar-refractivity contribution >= 4 is 34.9 Å². The summed E-state index contributed by atoms with van der Waals surface area (Å²) < 4.78 is 48.2. The van der Waals surface area contributed by atoms with Crippen molar-refractivity contribution in [3.05, 3.63) is 30.2 Å². The molecule has 0 saturated carbocycles. The lowest BCUT2D eigenvalue weighted by Gasteiger charge is -2.48. The molecule has 5 heterocycles. The monoisotopic (exact) mass is 886 g/mol. The smallest absolute Gasteiger partial charge is 0.351 e. The molecule has 63 heavy (non-hydrogen) atoms. The van der Waals surface area contributed by atoms with E-state index in [-0.39, 0.29) is 63.2 Å². The van der Waals surface area contributed by atoms with E-state index in [1.54, 1.807) is 39.0 Å². The van der Waals surface area contributed by atoms with Gasteiger partial charge in [-0.3, -0.25) is 9.59 Å². The van der Waals surface area contributed by atoms with E-state index in [2.05, 4.69) is 20.1 Å². The average molecular weight is 887 g/mol. The summed E-state index contributed by atoms with van der Waals surface area (Å²) in [4.78, 5) is 62.7. The van der Waals surface area contributed by atoms with Crippen molar-refractivity contribution in [1.82, 2.24) is 14.9 Å². The minimum absolute atomic E-state index is 0.0400. The SMILES string of the molecule is CCC(=O)N=C1[C@H](C)C[C@@]2(C)OC/C(=N/OCc3coc(-c4cccc(N)n4)n3)CC[C@H]([C@H]1C)[C@](C)(O)[C@@H](CC)OC(=O)[C@@](C)(F)C(=O)C(C)[C@H]2O[C@@H]1O[C@H](C)C[C@H](N(C)C)[C@H]1O. The molecule has 2 aromatic rings. The first kappa shape index (κ1) is 49.8. The van der Waals surface area contributed by atoms with Crippen LogP contribution in [0.4, 0.5) is 10.2 Å². The summed E-state index contributed by atoms with van der Waals surface area (Å²) in [6.07, 6.45) is -3.12. The third-order valence-electron chi connectivity index (χ3n) is 13.0. The first-order valence-corrected chi connectivity index (χ1v) is 22.0. The number of aromatic nitrogens is 2. The Morgan fingerprint density at radius 1 is 1.10 bits per heavy atom. The van der Waals surface area contributed by atoms with E-state index in [0.29, 0.717) is 35.0 Å². The summed E-state index contributed by atoms with van der Waals surface area (Å²) in [6, 6.07) is 4.68. The van der Waals surface area contributed by atoms with E-state index in [9.17, 15) is 24.6 Å². The molecule has 18 heteroatoms. The van der Waals surface area contributed by atoms with E-state index < -0.39 is 82.9 Å². The molecule has 0 radical (unpaired) electrons. The van der Waals surface area contributed by atoms with Crippen molar-refractivity contribution in [3.8, 4) is 11.6 Å². The van der Waals surface area contributed by atoms with Crippen LogP contribution < -0.4 is 5.73 Å². The number of oxime groups is 1. The molecule has 17 nitrogen and oxygen atoms in total. The summed E-state index contributed by atoms with van der Waals surface area (Å²) in [6.45, 7) is 14.1. The van der Waals surface area contributed by atoms with Crippen LogP contribution in [0.2, 0.25) is 0 Å². The van der Waals surface area contributed by atoms with Crippen LogP contribution >= 0.6 is 0 Å². The first-order chi connectivity index (χ1) is 29.5. The molecule has 3 fully saturated rings. The number of pyridine rings is 1. The predicted molar refractivity (Wildman–Crippen MR) is 231 cm³/mol.